The topological polar surface area (TPSA) is 22.9 Å². The summed E-state index contributed by atoms with van der Waals surface area (Å²) in [5, 5.41) is 1.27. The second-order valence-electron chi connectivity index (χ2n) is 29.3. The van der Waals surface area contributed by atoms with E-state index in [0.717, 1.165) is 60.4 Å². The molecule has 0 saturated carbocycles. The first-order valence-electron chi connectivity index (χ1n) is 29.1. The average molecular weight is 1010 g/mol. The second kappa shape index (κ2) is 15.6. The van der Waals surface area contributed by atoms with Gasteiger partial charge in [0.15, 0.2) is 0 Å². The highest BCUT2D eigenvalue weighted by molar-refractivity contribution is 7.00. The van der Waals surface area contributed by atoms with Crippen LogP contribution in [0.4, 0.5) is 51.2 Å². The zero-order valence-electron chi connectivity index (χ0n) is 48.7. The molecule has 0 bridgehead atoms. The van der Waals surface area contributed by atoms with E-state index in [2.05, 4.69) is 246 Å². The molecule has 3 aliphatic heterocycles. The highest BCUT2D eigenvalue weighted by Gasteiger charge is 2.53. The van der Waals surface area contributed by atoms with Crippen molar-refractivity contribution in [2.45, 2.75) is 180 Å². The number of hydrogen-bond donors (Lipinski definition) is 0. The molecule has 77 heavy (non-hydrogen) atoms. The number of fused-ring (bicyclic) bond motifs is 11. The van der Waals surface area contributed by atoms with Gasteiger partial charge in [0.2, 0.25) is 0 Å². The van der Waals surface area contributed by atoms with Crippen molar-refractivity contribution in [3.05, 3.63) is 166 Å². The summed E-state index contributed by atoms with van der Waals surface area (Å²) in [4.78, 5) is 7.86. The molecule has 4 nitrogen and oxygen atoms in total. The van der Waals surface area contributed by atoms with Gasteiger partial charge in [0.25, 0.3) is 6.71 Å². The van der Waals surface area contributed by atoms with Gasteiger partial charge in [0.05, 0.1) is 28.1 Å². The molecule has 0 atom stereocenters. The number of hydrogen-bond acceptors (Lipinski definition) is 4. The van der Waals surface area contributed by atoms with Crippen molar-refractivity contribution in [2.24, 2.45) is 0 Å². The standard InChI is InChI=1S/C72H78BN3O/c1-66(2,3)43-26-29-55-48(36-43)60-61-59(42-53-62(60)72(14,15)35-34-71(53,12)13)77-65-64(61)76(55)58-39-47(74(44-22-18-16-19-23-44)45-24-20-17-21-25-45)38-57-63(58)73(65)54-40-51-52(70(10,11)33-32-69(51,8)9)41-56(54)75(57)46-27-28-49-50(37-46)68(6,7)31-30-67(49,4)5/h16-29,36-42H,30-35H2,1-15H3. The fourth-order valence-electron chi connectivity index (χ4n) is 15.4. The van der Waals surface area contributed by atoms with Gasteiger partial charge >= 0.3 is 0 Å². The van der Waals surface area contributed by atoms with Crippen molar-refractivity contribution in [3.63, 3.8) is 0 Å². The highest BCUT2D eigenvalue weighted by atomic mass is 16.3. The number of para-hydroxylation sites is 2. The zero-order valence-corrected chi connectivity index (χ0v) is 48.7. The number of rotatable bonds is 4. The Balaban J connectivity index is 1.17. The third-order valence-corrected chi connectivity index (χ3v) is 20.4. The molecular formula is C72H78BN3O. The van der Waals surface area contributed by atoms with E-state index >= 15 is 0 Å². The maximum absolute atomic E-state index is 7.89. The second-order valence-corrected chi connectivity index (χ2v) is 29.3. The van der Waals surface area contributed by atoms with Crippen molar-refractivity contribution in [1.29, 1.82) is 0 Å². The lowest BCUT2D eigenvalue weighted by Crippen LogP contribution is -2.61. The molecule has 390 valence electrons. The van der Waals surface area contributed by atoms with Crippen LogP contribution in [0, 0.1) is 0 Å². The van der Waals surface area contributed by atoms with Gasteiger partial charge in [-0.3, -0.25) is 0 Å². The van der Waals surface area contributed by atoms with Crippen LogP contribution in [0.25, 0.3) is 22.1 Å². The molecule has 4 heterocycles. The molecule has 0 spiro atoms. The van der Waals surface area contributed by atoms with Crippen molar-refractivity contribution in [3.8, 4) is 11.1 Å². The van der Waals surface area contributed by atoms with Gasteiger partial charge in [-0.2, -0.15) is 0 Å². The van der Waals surface area contributed by atoms with E-state index in [4.69, 9.17) is 4.42 Å². The largest absolute Gasteiger partial charge is 0.468 e. The molecule has 0 radical (unpaired) electrons. The van der Waals surface area contributed by atoms with Crippen LogP contribution in [0.15, 0.2) is 132 Å². The lowest BCUT2D eigenvalue weighted by Gasteiger charge is -2.48. The first-order valence-corrected chi connectivity index (χ1v) is 29.1. The summed E-state index contributed by atoms with van der Waals surface area (Å²) in [6, 6.07) is 50.0. The highest BCUT2D eigenvalue weighted by Crippen LogP contribution is 2.62. The van der Waals surface area contributed by atoms with Gasteiger partial charge in [-0.25, -0.2) is 0 Å². The van der Waals surface area contributed by atoms with Crippen molar-refractivity contribution in [2.75, 3.05) is 14.7 Å². The SMILES string of the molecule is CC(C)(C)c1ccc2c(c1)-c1c3c(cc4oc5c(c14)N2c1cc(N(c2ccccc2)c2ccccc2)cc2c1B5c1cc4c(cc1N2c1ccc2c(c1)C(C)(C)CCC2(C)C)C(C)(C)CCC4(C)C)C(C)(C)CCC3(C)C. The predicted molar refractivity (Wildman–Crippen MR) is 328 cm³/mol. The minimum absolute atomic E-state index is 0.000904. The Labute approximate surface area is 460 Å². The summed E-state index contributed by atoms with van der Waals surface area (Å²) in [6.07, 6.45) is 6.89. The van der Waals surface area contributed by atoms with Crippen LogP contribution in [0.2, 0.25) is 0 Å². The molecule has 0 unspecified atom stereocenters. The quantitative estimate of drug-likeness (QED) is 0.164. The molecule has 0 N–H and O–H groups in total. The molecule has 0 fully saturated rings. The Morgan fingerprint density at radius 1 is 0.468 bits per heavy atom. The van der Waals surface area contributed by atoms with E-state index in [1.165, 1.54) is 107 Å². The van der Waals surface area contributed by atoms with Crippen LogP contribution in [0.5, 0.6) is 0 Å². The Morgan fingerprint density at radius 2 is 1.00 bits per heavy atom. The van der Waals surface area contributed by atoms with E-state index in [0.29, 0.717) is 0 Å². The van der Waals surface area contributed by atoms with Crippen LogP contribution >= 0.6 is 0 Å². The normalized spacial score (nSPS) is 19.9. The van der Waals surface area contributed by atoms with Gasteiger partial charge in [0, 0.05) is 45.3 Å². The number of furan rings is 1. The molecule has 14 rings (SSSR count). The van der Waals surface area contributed by atoms with Gasteiger partial charge < -0.3 is 19.1 Å². The van der Waals surface area contributed by atoms with Crippen LogP contribution in [-0.2, 0) is 37.9 Å². The minimum Gasteiger partial charge on any atom is -0.468 e. The van der Waals surface area contributed by atoms with E-state index in [-0.39, 0.29) is 44.6 Å². The lowest BCUT2D eigenvalue weighted by molar-refractivity contribution is 0.332. The van der Waals surface area contributed by atoms with Crippen molar-refractivity contribution in [1.82, 2.24) is 0 Å². The molecule has 1 aromatic heterocycles. The molecule has 5 heteroatoms. The van der Waals surface area contributed by atoms with Gasteiger partial charge in [0.1, 0.15) is 5.58 Å². The van der Waals surface area contributed by atoms with Crippen LogP contribution in [0.1, 0.15) is 181 Å². The summed E-state index contributed by atoms with van der Waals surface area (Å²) in [6.45, 7) is 36.7. The summed E-state index contributed by atoms with van der Waals surface area (Å²) >= 11 is 0. The van der Waals surface area contributed by atoms with E-state index in [1.807, 2.05) is 0 Å². The van der Waals surface area contributed by atoms with Crippen LogP contribution in [-0.4, -0.2) is 6.71 Å². The molecule has 3 aliphatic carbocycles. The number of nitrogens with zero attached hydrogens (tertiary/aromatic N) is 3. The molecule has 7 aromatic carbocycles. The smallest absolute Gasteiger partial charge is 0.297 e. The predicted octanol–water partition coefficient (Wildman–Crippen LogP) is 18.3. The first kappa shape index (κ1) is 48.9. The minimum atomic E-state index is -0.165. The molecule has 6 aliphatic rings. The molecular weight excluding hydrogens is 934 g/mol. The fourth-order valence-corrected chi connectivity index (χ4v) is 15.4. The van der Waals surface area contributed by atoms with Crippen molar-refractivity contribution < 1.29 is 4.42 Å². The first-order chi connectivity index (χ1) is 36.3. The van der Waals surface area contributed by atoms with E-state index in [1.54, 1.807) is 0 Å². The van der Waals surface area contributed by atoms with Gasteiger partial charge in [-0.1, -0.05) is 158 Å². The van der Waals surface area contributed by atoms with Crippen LogP contribution < -0.4 is 31.3 Å². The van der Waals surface area contributed by atoms with Gasteiger partial charge in [-0.05, 0) is 199 Å². The Morgan fingerprint density at radius 3 is 1.60 bits per heavy atom. The summed E-state index contributed by atoms with van der Waals surface area (Å²) in [5.74, 6) is 0. The molecule has 0 saturated heterocycles. The Bertz CT molecular complexity index is 3780. The summed E-state index contributed by atoms with van der Waals surface area (Å²) in [5.41, 5.74) is 28.3. The number of benzene rings is 7. The summed E-state index contributed by atoms with van der Waals surface area (Å²) in [7, 11) is 0. The molecule has 0 amide bonds. The lowest BCUT2D eigenvalue weighted by atomic mass is 9.35. The zero-order chi connectivity index (χ0) is 53.9. The fraction of sp³-hybridized carbons (Fsp3) is 0.389. The maximum atomic E-state index is 7.89. The van der Waals surface area contributed by atoms with E-state index < -0.39 is 0 Å². The Hall–Kier alpha value is -6.46. The Kier molecular flexibility index (Phi) is 9.93. The van der Waals surface area contributed by atoms with Gasteiger partial charge in [-0.15, -0.1) is 0 Å². The molecule has 8 aromatic rings. The van der Waals surface area contributed by atoms with E-state index in [9.17, 15) is 0 Å². The van der Waals surface area contributed by atoms with Crippen molar-refractivity contribution >= 4 is 85.5 Å². The number of anilines is 9. The monoisotopic (exact) mass is 1010 g/mol. The third kappa shape index (κ3) is 6.89. The maximum Gasteiger partial charge on any atom is 0.297 e. The third-order valence-electron chi connectivity index (χ3n) is 20.4. The average Bonchev–Trinajstić information content (AvgIpc) is 4.01. The van der Waals surface area contributed by atoms with Crippen LogP contribution in [0.3, 0.4) is 0 Å². The summed E-state index contributed by atoms with van der Waals surface area (Å²) < 4.78 is 7.89.